The number of nitrogens with zero attached hydrogens (tertiary/aromatic N) is 4. The van der Waals surface area contributed by atoms with Crippen molar-refractivity contribution in [3.05, 3.63) is 42.5 Å². The number of carbonyl (C=O) groups excluding carboxylic acids is 2. The number of anilines is 2. The minimum atomic E-state index is -0.0714. The van der Waals surface area contributed by atoms with E-state index in [0.29, 0.717) is 12.3 Å². The highest BCUT2D eigenvalue weighted by Gasteiger charge is 2.25. The third kappa shape index (κ3) is 4.03. The summed E-state index contributed by atoms with van der Waals surface area (Å²) in [7, 11) is 0. The van der Waals surface area contributed by atoms with Crippen LogP contribution in [0.4, 0.5) is 16.2 Å². The molecule has 1 atom stereocenters. The molecule has 148 valence electrons. The quantitative estimate of drug-likeness (QED) is 0.884. The van der Waals surface area contributed by atoms with Crippen molar-refractivity contribution in [2.24, 2.45) is 5.92 Å². The Labute approximate surface area is 165 Å². The smallest absolute Gasteiger partial charge is 0.321 e. The van der Waals surface area contributed by atoms with Crippen molar-refractivity contribution in [2.45, 2.75) is 39.2 Å². The first-order valence-electron chi connectivity index (χ1n) is 10.0. The summed E-state index contributed by atoms with van der Waals surface area (Å²) in [6.07, 6.45) is 9.19. The van der Waals surface area contributed by atoms with Gasteiger partial charge in [0.05, 0.1) is 6.33 Å². The zero-order chi connectivity index (χ0) is 19.5. The van der Waals surface area contributed by atoms with Gasteiger partial charge in [0.15, 0.2) is 0 Å². The lowest BCUT2D eigenvalue weighted by Crippen LogP contribution is -2.43. The number of benzene rings is 1. The Hall–Kier alpha value is -2.83. The van der Waals surface area contributed by atoms with Crippen LogP contribution in [0.2, 0.25) is 0 Å². The molecule has 7 heteroatoms. The van der Waals surface area contributed by atoms with E-state index in [4.69, 9.17) is 0 Å². The molecule has 0 saturated carbocycles. The van der Waals surface area contributed by atoms with Crippen LogP contribution in [0.15, 0.2) is 36.9 Å². The Bertz CT molecular complexity index is 848. The lowest BCUT2D eigenvalue weighted by Gasteiger charge is -2.33. The number of hydrogen-bond acceptors (Lipinski definition) is 3. The summed E-state index contributed by atoms with van der Waals surface area (Å²) >= 11 is 0. The molecule has 1 N–H and O–H groups in total. The van der Waals surface area contributed by atoms with Crippen molar-refractivity contribution in [1.29, 1.82) is 0 Å². The number of aryl methyl sites for hydroxylation is 1. The Balaban J connectivity index is 1.41. The first kappa shape index (κ1) is 18.5. The molecule has 1 aromatic heterocycles. The molecule has 0 aliphatic carbocycles. The third-order valence-corrected chi connectivity index (χ3v) is 5.66. The van der Waals surface area contributed by atoms with Crippen LogP contribution < -0.4 is 10.2 Å². The van der Waals surface area contributed by atoms with Crippen LogP contribution in [-0.4, -0.2) is 46.0 Å². The topological polar surface area (TPSA) is 70.5 Å². The Morgan fingerprint density at radius 1 is 1.29 bits per heavy atom. The minimum Gasteiger partial charge on any atom is -0.337 e. The summed E-state index contributed by atoms with van der Waals surface area (Å²) in [4.78, 5) is 32.7. The standard InChI is InChI=1S/C21H27N5O2/c1-16-6-7-18(12-19(16)26-10-3-5-20(26)27)23-21(28)25-9-2-4-17(14-25)13-24-11-8-22-15-24/h6-8,11-12,15,17H,2-5,9-10,13-14H2,1H3,(H,23,28)/t17-/m1/s1. The van der Waals surface area contributed by atoms with Crippen molar-refractivity contribution in [1.82, 2.24) is 14.5 Å². The predicted octanol–water partition coefficient (Wildman–Crippen LogP) is 3.26. The van der Waals surface area contributed by atoms with Gasteiger partial charge in [-0.3, -0.25) is 4.79 Å². The van der Waals surface area contributed by atoms with Gasteiger partial charge < -0.3 is 19.7 Å². The largest absolute Gasteiger partial charge is 0.337 e. The molecule has 0 unspecified atom stereocenters. The predicted molar refractivity (Wildman–Crippen MR) is 108 cm³/mol. The molecule has 2 aromatic rings. The zero-order valence-corrected chi connectivity index (χ0v) is 16.3. The molecule has 0 spiro atoms. The molecule has 3 amide bonds. The Kier molecular flexibility index (Phi) is 5.32. The second-order valence-corrected chi connectivity index (χ2v) is 7.79. The minimum absolute atomic E-state index is 0.0714. The molecule has 4 rings (SSSR count). The van der Waals surface area contributed by atoms with Crippen molar-refractivity contribution in [3.63, 3.8) is 0 Å². The summed E-state index contributed by atoms with van der Waals surface area (Å²) in [5.41, 5.74) is 2.69. The van der Waals surface area contributed by atoms with E-state index < -0.39 is 0 Å². The number of rotatable bonds is 4. The van der Waals surface area contributed by atoms with E-state index in [9.17, 15) is 9.59 Å². The van der Waals surface area contributed by atoms with E-state index in [1.807, 2.05) is 47.4 Å². The lowest BCUT2D eigenvalue weighted by molar-refractivity contribution is -0.117. The third-order valence-electron chi connectivity index (χ3n) is 5.66. The molecule has 7 nitrogen and oxygen atoms in total. The number of imidazole rings is 1. The number of nitrogens with one attached hydrogen (secondary N) is 1. The SMILES string of the molecule is Cc1ccc(NC(=O)N2CCC[C@H](Cn3ccnc3)C2)cc1N1CCCC1=O. The molecule has 1 aromatic carbocycles. The van der Waals surface area contributed by atoms with E-state index >= 15 is 0 Å². The number of aromatic nitrogens is 2. The average molecular weight is 381 g/mol. The van der Waals surface area contributed by atoms with Gasteiger partial charge in [-0.05, 0) is 49.8 Å². The number of carbonyl (C=O) groups is 2. The van der Waals surface area contributed by atoms with Crippen LogP contribution in [0.5, 0.6) is 0 Å². The number of amides is 3. The second kappa shape index (κ2) is 8.04. The highest BCUT2D eigenvalue weighted by molar-refractivity contribution is 5.97. The van der Waals surface area contributed by atoms with Gasteiger partial charge in [0, 0.05) is 56.4 Å². The fourth-order valence-corrected chi connectivity index (χ4v) is 4.17. The van der Waals surface area contributed by atoms with Gasteiger partial charge in [0.25, 0.3) is 0 Å². The van der Waals surface area contributed by atoms with Gasteiger partial charge in [-0.1, -0.05) is 6.07 Å². The molecule has 0 bridgehead atoms. The Morgan fingerprint density at radius 3 is 2.93 bits per heavy atom. The first-order valence-corrected chi connectivity index (χ1v) is 10.0. The molecule has 2 saturated heterocycles. The lowest BCUT2D eigenvalue weighted by atomic mass is 9.98. The van der Waals surface area contributed by atoms with Gasteiger partial charge in [0.2, 0.25) is 5.91 Å². The van der Waals surface area contributed by atoms with Crippen LogP contribution in [0.1, 0.15) is 31.2 Å². The van der Waals surface area contributed by atoms with Crippen LogP contribution in [-0.2, 0) is 11.3 Å². The molecule has 2 fully saturated rings. The van der Waals surface area contributed by atoms with Crippen LogP contribution in [0.25, 0.3) is 0 Å². The summed E-state index contributed by atoms with van der Waals surface area (Å²) in [5, 5.41) is 3.03. The number of urea groups is 1. The first-order chi connectivity index (χ1) is 13.6. The van der Waals surface area contributed by atoms with Gasteiger partial charge in [-0.2, -0.15) is 0 Å². The molecule has 0 radical (unpaired) electrons. The van der Waals surface area contributed by atoms with Crippen LogP contribution in [0, 0.1) is 12.8 Å². The number of piperidine rings is 1. The number of likely N-dealkylation sites (tertiary alicyclic amines) is 1. The molecule has 2 aliphatic rings. The van der Waals surface area contributed by atoms with Gasteiger partial charge in [-0.25, -0.2) is 9.78 Å². The molecule has 2 aliphatic heterocycles. The van der Waals surface area contributed by atoms with E-state index in [1.165, 1.54) is 0 Å². The Morgan fingerprint density at radius 2 is 2.18 bits per heavy atom. The molecular weight excluding hydrogens is 354 g/mol. The fourth-order valence-electron chi connectivity index (χ4n) is 4.17. The van der Waals surface area contributed by atoms with Gasteiger partial charge in [-0.15, -0.1) is 0 Å². The van der Waals surface area contributed by atoms with Crippen molar-refractivity contribution in [2.75, 3.05) is 29.9 Å². The zero-order valence-electron chi connectivity index (χ0n) is 16.3. The molecule has 28 heavy (non-hydrogen) atoms. The van der Waals surface area contributed by atoms with Crippen molar-refractivity contribution < 1.29 is 9.59 Å². The van der Waals surface area contributed by atoms with Gasteiger partial charge in [0.1, 0.15) is 0 Å². The summed E-state index contributed by atoms with van der Waals surface area (Å²) < 4.78 is 2.07. The van der Waals surface area contributed by atoms with E-state index in [-0.39, 0.29) is 11.9 Å². The van der Waals surface area contributed by atoms with Crippen LogP contribution in [0.3, 0.4) is 0 Å². The molecule has 3 heterocycles. The maximum atomic E-state index is 12.8. The normalized spacial score (nSPS) is 19.9. The summed E-state index contributed by atoms with van der Waals surface area (Å²) in [5.74, 6) is 0.592. The van der Waals surface area contributed by atoms with Crippen LogP contribution >= 0.6 is 0 Å². The maximum Gasteiger partial charge on any atom is 0.321 e. The summed E-state index contributed by atoms with van der Waals surface area (Å²) in [6.45, 7) is 5.15. The van der Waals surface area contributed by atoms with E-state index in [2.05, 4.69) is 14.9 Å². The van der Waals surface area contributed by atoms with Gasteiger partial charge >= 0.3 is 6.03 Å². The molecular formula is C21H27N5O2. The second-order valence-electron chi connectivity index (χ2n) is 7.79. The van der Waals surface area contributed by atoms with Crippen molar-refractivity contribution in [3.8, 4) is 0 Å². The van der Waals surface area contributed by atoms with E-state index in [1.54, 1.807) is 6.20 Å². The van der Waals surface area contributed by atoms with E-state index in [0.717, 1.165) is 62.4 Å². The monoisotopic (exact) mass is 381 g/mol. The fraction of sp³-hybridized carbons (Fsp3) is 0.476. The highest BCUT2D eigenvalue weighted by Crippen LogP contribution is 2.28. The average Bonchev–Trinajstić information content (AvgIpc) is 3.35. The highest BCUT2D eigenvalue weighted by atomic mass is 16.2. The maximum absolute atomic E-state index is 12.8. The number of hydrogen-bond donors (Lipinski definition) is 1. The van der Waals surface area contributed by atoms with Crippen molar-refractivity contribution >= 4 is 23.3 Å². The summed E-state index contributed by atoms with van der Waals surface area (Å²) in [6, 6.07) is 5.72.